The molecule has 0 bridgehead atoms. The fraction of sp³-hybridized carbons (Fsp3) is 0.152. The van der Waals surface area contributed by atoms with Gasteiger partial charge >= 0.3 is 0 Å². The number of hydrogen-bond acceptors (Lipinski definition) is 3. The number of aromatic nitrogens is 3. The van der Waals surface area contributed by atoms with E-state index in [0.717, 1.165) is 56.6 Å². The van der Waals surface area contributed by atoms with Gasteiger partial charge in [0.15, 0.2) is 5.75 Å². The van der Waals surface area contributed by atoms with E-state index in [2.05, 4.69) is 72.0 Å². The van der Waals surface area contributed by atoms with E-state index < -0.39 is 0 Å². The Morgan fingerprint density at radius 3 is 2.47 bits per heavy atom. The number of nitrogens with zero attached hydrogens (tertiary/aromatic N) is 3. The van der Waals surface area contributed by atoms with Gasteiger partial charge in [-0.15, -0.1) is 0 Å². The summed E-state index contributed by atoms with van der Waals surface area (Å²) in [4.78, 5) is 9.53. The topological polar surface area (TPSA) is 39.9 Å². The van der Waals surface area contributed by atoms with Crippen molar-refractivity contribution in [3.63, 3.8) is 0 Å². The van der Waals surface area contributed by atoms with Gasteiger partial charge in [-0.2, -0.15) is 0 Å². The monoisotopic (exact) mass is 519 g/mol. The summed E-state index contributed by atoms with van der Waals surface area (Å²) in [6, 6.07) is 26.5. The van der Waals surface area contributed by atoms with Crippen molar-refractivity contribution in [2.45, 2.75) is 33.1 Å². The van der Waals surface area contributed by atoms with Crippen LogP contribution in [0.15, 0.2) is 109 Å². The summed E-state index contributed by atoms with van der Waals surface area (Å²) >= 11 is 5.97. The van der Waals surface area contributed by atoms with Gasteiger partial charge in [0.25, 0.3) is 0 Å². The van der Waals surface area contributed by atoms with E-state index in [9.17, 15) is 0 Å². The minimum atomic E-state index is 0.567. The number of rotatable bonds is 5. The number of allylic oxidation sites excluding steroid dienone is 6. The summed E-state index contributed by atoms with van der Waals surface area (Å²) in [6.45, 7) is 4.36. The quantitative estimate of drug-likeness (QED) is 0.232. The molecule has 0 fully saturated rings. The molecule has 5 aromatic rings. The van der Waals surface area contributed by atoms with Crippen LogP contribution in [-0.2, 0) is 0 Å². The van der Waals surface area contributed by atoms with Crippen molar-refractivity contribution < 1.29 is 4.29 Å². The van der Waals surface area contributed by atoms with Crippen molar-refractivity contribution in [3.05, 3.63) is 121 Å². The summed E-state index contributed by atoms with van der Waals surface area (Å²) in [7, 11) is 0. The molecule has 2 aromatic heterocycles. The number of unbranched alkanes of at least 4 members (excludes halogenated alkanes) is 1. The molecule has 0 saturated heterocycles. The number of fused-ring (bicyclic) bond motifs is 2. The van der Waals surface area contributed by atoms with Crippen LogP contribution in [0.1, 0.15) is 44.5 Å². The third-order valence-electron chi connectivity index (χ3n) is 6.56. The lowest BCUT2D eigenvalue weighted by atomic mass is 9.98. The van der Waals surface area contributed by atoms with Crippen molar-refractivity contribution in [2.24, 2.45) is 0 Å². The number of imidazole rings is 1. The van der Waals surface area contributed by atoms with Gasteiger partial charge in [0.1, 0.15) is 23.2 Å². The van der Waals surface area contributed by atoms with E-state index in [4.69, 9.17) is 21.1 Å². The molecule has 0 N–H and O–H groups in total. The third kappa shape index (κ3) is 5.13. The molecule has 1 aliphatic carbocycles. The highest BCUT2D eigenvalue weighted by Crippen LogP contribution is 2.38. The number of benzene rings is 3. The normalized spacial score (nSPS) is 12.9. The van der Waals surface area contributed by atoms with Crippen molar-refractivity contribution >= 4 is 44.9 Å². The molecular formula is C33H30ClN3O. The Morgan fingerprint density at radius 1 is 0.895 bits per heavy atom. The van der Waals surface area contributed by atoms with E-state index >= 15 is 0 Å². The number of pyridine rings is 1. The Bertz CT molecular complexity index is 1650. The lowest BCUT2D eigenvalue weighted by Gasteiger charge is -2.13. The standard InChI is InChI=1S/C29H20ClN3O.C4H10/c30-34-28-24(17-16-20-11-8-18-31-27(20)28)21-9-4-5-10-22(19-21)29-32-25-14-6-7-15-26(25)33(29)23-12-2-1-3-13-23;1-3-4-2/h1-8,10-19H,9H2;3-4H2,1-2H3. The summed E-state index contributed by atoms with van der Waals surface area (Å²) < 4.78 is 7.54. The molecule has 3 aromatic carbocycles. The Morgan fingerprint density at radius 2 is 1.68 bits per heavy atom. The van der Waals surface area contributed by atoms with Crippen LogP contribution in [0.3, 0.4) is 0 Å². The van der Waals surface area contributed by atoms with E-state index in [1.807, 2.05) is 54.6 Å². The van der Waals surface area contributed by atoms with Crippen LogP contribution in [0.5, 0.6) is 5.75 Å². The van der Waals surface area contributed by atoms with Crippen LogP contribution < -0.4 is 4.29 Å². The summed E-state index contributed by atoms with van der Waals surface area (Å²) in [5.41, 5.74) is 6.82. The van der Waals surface area contributed by atoms with Crippen molar-refractivity contribution in [1.82, 2.24) is 14.5 Å². The predicted molar refractivity (Wildman–Crippen MR) is 160 cm³/mol. The van der Waals surface area contributed by atoms with E-state index in [0.29, 0.717) is 5.75 Å². The first-order chi connectivity index (χ1) is 18.7. The van der Waals surface area contributed by atoms with Crippen LogP contribution in [0.25, 0.3) is 38.8 Å². The zero-order chi connectivity index (χ0) is 26.3. The smallest absolute Gasteiger partial charge is 0.180 e. The highest BCUT2D eigenvalue weighted by atomic mass is 35.5. The highest BCUT2D eigenvalue weighted by molar-refractivity contribution is 6.11. The molecule has 38 heavy (non-hydrogen) atoms. The average Bonchev–Trinajstić information content (AvgIpc) is 3.20. The van der Waals surface area contributed by atoms with Gasteiger partial charge in [-0.3, -0.25) is 9.55 Å². The summed E-state index contributed by atoms with van der Waals surface area (Å²) in [5, 5.41) is 0.980. The van der Waals surface area contributed by atoms with Crippen LogP contribution in [0, 0.1) is 0 Å². The fourth-order valence-corrected chi connectivity index (χ4v) is 4.65. The fourth-order valence-electron chi connectivity index (χ4n) is 4.50. The maximum Gasteiger partial charge on any atom is 0.180 e. The van der Waals surface area contributed by atoms with Gasteiger partial charge in [0.05, 0.1) is 11.0 Å². The SMILES string of the molecule is CCCC.ClOc1c(C2=CC(c3nc4ccccc4n3-c3ccccc3)=CC=CC2)ccc2cccnc12. The van der Waals surface area contributed by atoms with Gasteiger partial charge in [0, 0.05) is 28.4 Å². The second-order valence-corrected chi connectivity index (χ2v) is 9.27. The van der Waals surface area contributed by atoms with E-state index in [1.54, 1.807) is 6.20 Å². The van der Waals surface area contributed by atoms with Crippen molar-refractivity contribution in [2.75, 3.05) is 0 Å². The maximum absolute atomic E-state index is 5.97. The minimum Gasteiger partial charge on any atom is -0.383 e. The average molecular weight is 520 g/mol. The number of hydrogen-bond donors (Lipinski definition) is 0. The van der Waals surface area contributed by atoms with Crippen molar-refractivity contribution in [3.8, 4) is 11.4 Å². The molecule has 2 heterocycles. The molecule has 1 aliphatic rings. The lowest BCUT2D eigenvalue weighted by Crippen LogP contribution is -2.00. The minimum absolute atomic E-state index is 0.567. The first kappa shape index (κ1) is 25.5. The molecule has 0 amide bonds. The van der Waals surface area contributed by atoms with Gasteiger partial charge in [-0.05, 0) is 48.4 Å². The van der Waals surface area contributed by atoms with Crippen LogP contribution >= 0.6 is 11.9 Å². The summed E-state index contributed by atoms with van der Waals surface area (Å²) in [5.74, 6) is 1.45. The Labute approximate surface area is 228 Å². The highest BCUT2D eigenvalue weighted by Gasteiger charge is 2.19. The molecule has 0 aliphatic heterocycles. The van der Waals surface area contributed by atoms with Gasteiger partial charge < -0.3 is 4.29 Å². The zero-order valence-corrected chi connectivity index (χ0v) is 22.4. The molecule has 190 valence electrons. The molecule has 0 atom stereocenters. The largest absolute Gasteiger partial charge is 0.383 e. The van der Waals surface area contributed by atoms with Crippen LogP contribution in [-0.4, -0.2) is 14.5 Å². The van der Waals surface area contributed by atoms with Crippen molar-refractivity contribution in [1.29, 1.82) is 0 Å². The zero-order valence-electron chi connectivity index (χ0n) is 21.6. The first-order valence-electron chi connectivity index (χ1n) is 13.0. The first-order valence-corrected chi connectivity index (χ1v) is 13.3. The predicted octanol–water partition coefficient (Wildman–Crippen LogP) is 9.34. The molecule has 0 spiro atoms. The van der Waals surface area contributed by atoms with Gasteiger partial charge in [-0.1, -0.05) is 93.4 Å². The Balaban J connectivity index is 0.000000689. The molecule has 0 radical (unpaired) electrons. The van der Waals surface area contributed by atoms with E-state index in [-0.39, 0.29) is 0 Å². The second kappa shape index (κ2) is 11.9. The molecule has 0 unspecified atom stereocenters. The lowest BCUT2D eigenvalue weighted by molar-refractivity contribution is 0.622. The molecule has 0 saturated carbocycles. The van der Waals surface area contributed by atoms with Gasteiger partial charge in [-0.25, -0.2) is 4.98 Å². The molecule has 6 rings (SSSR count). The Kier molecular flexibility index (Phi) is 8.01. The summed E-state index contributed by atoms with van der Waals surface area (Å²) in [6.07, 6.45) is 13.6. The second-order valence-electron chi connectivity index (χ2n) is 9.11. The maximum atomic E-state index is 5.97. The molecule has 4 nitrogen and oxygen atoms in total. The third-order valence-corrected chi connectivity index (χ3v) is 6.72. The number of halogens is 1. The molecular weight excluding hydrogens is 490 g/mol. The van der Waals surface area contributed by atoms with Crippen LogP contribution in [0.4, 0.5) is 0 Å². The molecule has 5 heteroatoms. The van der Waals surface area contributed by atoms with Gasteiger partial charge in [0.2, 0.25) is 0 Å². The Hall–Kier alpha value is -4.15. The number of para-hydroxylation sites is 3. The van der Waals surface area contributed by atoms with E-state index in [1.165, 1.54) is 12.8 Å². The van der Waals surface area contributed by atoms with Crippen LogP contribution in [0.2, 0.25) is 0 Å².